The third-order valence-electron chi connectivity index (χ3n) is 24.3. The minimum absolute atomic E-state index is 0.0647. The van der Waals surface area contributed by atoms with Crippen LogP contribution in [0.2, 0.25) is 0 Å². The highest BCUT2D eigenvalue weighted by atomic mass is 19.4. The zero-order chi connectivity index (χ0) is 82.0. The molecule has 5 aliphatic heterocycles. The minimum Gasteiger partial charge on any atom is -0.496 e. The highest BCUT2D eigenvalue weighted by Gasteiger charge is 2.57. The molecule has 26 nitrogen and oxygen atoms in total. The number of rotatable bonds is 14. The predicted octanol–water partition coefficient (Wildman–Crippen LogP) is 6.63. The average Bonchev–Trinajstić information content (AvgIpc) is 1.33. The van der Waals surface area contributed by atoms with Gasteiger partial charge in [-0.1, -0.05) is 76.8 Å². The molecule has 112 heavy (non-hydrogen) atoms. The lowest BCUT2D eigenvalue weighted by Gasteiger charge is -2.51. The maximum Gasteiger partial charge on any atom is 0.419 e. The van der Waals surface area contributed by atoms with Crippen molar-refractivity contribution >= 4 is 70.9 Å². The van der Waals surface area contributed by atoms with Crippen LogP contribution < -0.4 is 15.4 Å². The van der Waals surface area contributed by atoms with E-state index >= 15 is 52.7 Å². The lowest BCUT2D eigenvalue weighted by molar-refractivity contribution is -0.166. The molecule has 0 radical (unpaired) electrons. The molecule has 4 saturated heterocycles. The van der Waals surface area contributed by atoms with Crippen molar-refractivity contribution in [3.8, 4) is 5.75 Å². The number of carbonyl (C=O) groups is 12. The van der Waals surface area contributed by atoms with Crippen LogP contribution in [0.15, 0.2) is 54.6 Å². The third kappa shape index (κ3) is 19.3. The van der Waals surface area contributed by atoms with Crippen molar-refractivity contribution < 1.29 is 93.4 Å². The summed E-state index contributed by atoms with van der Waals surface area (Å²) in [5.41, 5.74) is -3.30. The summed E-state index contributed by atoms with van der Waals surface area (Å²) in [7, 11) is 9.43. The number of methoxy groups -OCH3 is 1. The van der Waals surface area contributed by atoms with Crippen molar-refractivity contribution in [3.63, 3.8) is 0 Å². The van der Waals surface area contributed by atoms with E-state index in [1.165, 1.54) is 87.6 Å². The molecule has 2 aromatic carbocycles. The first-order valence-corrected chi connectivity index (χ1v) is 39.6. The van der Waals surface area contributed by atoms with Crippen LogP contribution in [-0.4, -0.2) is 281 Å². The first-order chi connectivity index (χ1) is 53.0. The van der Waals surface area contributed by atoms with E-state index in [1.54, 1.807) is 30.9 Å². The smallest absolute Gasteiger partial charge is 0.419 e. The molecule has 2 N–H and O–H groups in total. The molecule has 0 aromatic heterocycles. The van der Waals surface area contributed by atoms with Crippen molar-refractivity contribution in [2.45, 2.75) is 241 Å². The van der Waals surface area contributed by atoms with Gasteiger partial charge >= 0.3 is 12.4 Å². The number of amides is 12. The summed E-state index contributed by atoms with van der Waals surface area (Å²) < 4.78 is 96.2. The molecule has 11 atom stereocenters. The van der Waals surface area contributed by atoms with Crippen molar-refractivity contribution in [1.82, 2.24) is 59.6 Å². The first kappa shape index (κ1) is 87.1. The Morgan fingerprint density at radius 1 is 0.625 bits per heavy atom. The Morgan fingerprint density at radius 2 is 1.29 bits per heavy atom. The van der Waals surface area contributed by atoms with Gasteiger partial charge in [0.15, 0.2) is 0 Å². The highest BCUT2D eigenvalue weighted by Crippen LogP contribution is 2.43. The van der Waals surface area contributed by atoms with Gasteiger partial charge in [0, 0.05) is 94.5 Å². The SMILES string of the molecule is CCCC1C(=O)NC([C@@H](C)CC)C(=O)N2CCCC2C(=O)N(C)C2CC=CCCN(C2=O)C(Cc2ccc(C(F)(F)F)cc2)C(=O)N(C)CC(=O)NC(CCc2ccc(C(F)(F)F)c(OC)c2)C(=O)N2CC(OCC)CC2C(=O)N(C)C2(CCC2)C(=O)N(C)C(C2CCCC2)C(=O)N(C)C(C(=O)N2CCCC2)CC(=O)N1C. The van der Waals surface area contributed by atoms with Crippen molar-refractivity contribution in [2.75, 3.05) is 95.3 Å². The van der Waals surface area contributed by atoms with Crippen molar-refractivity contribution in [3.05, 3.63) is 76.9 Å². The van der Waals surface area contributed by atoms with E-state index in [4.69, 9.17) is 9.47 Å². The molecule has 32 heteroatoms. The second-order valence-electron chi connectivity index (χ2n) is 31.4. The number of aryl methyl sites for hydroxylation is 1. The van der Waals surface area contributed by atoms with Gasteiger partial charge in [-0.2, -0.15) is 26.3 Å². The van der Waals surface area contributed by atoms with Gasteiger partial charge < -0.3 is 69.1 Å². The number of nitrogens with one attached hydrogen (secondary N) is 2. The number of likely N-dealkylation sites (N-methyl/N-ethyl adjacent to an activating group) is 6. The molecule has 7 aliphatic rings. The van der Waals surface area contributed by atoms with Gasteiger partial charge in [-0.25, -0.2) is 0 Å². The quantitative estimate of drug-likeness (QED) is 0.148. The molecule has 9 rings (SSSR count). The normalized spacial score (nSPS) is 27.2. The van der Waals surface area contributed by atoms with Gasteiger partial charge in [-0.15, -0.1) is 0 Å². The number of ether oxygens (including phenoxy) is 2. The fraction of sp³-hybridized carbons (Fsp3) is 0.675. The Labute approximate surface area is 651 Å². The summed E-state index contributed by atoms with van der Waals surface area (Å²) in [5, 5.41) is 5.68. The topological polar surface area (TPSA) is 280 Å². The standard InChI is InChI=1S/C80H112F6N12O14/c1-12-24-57-68(101)88-66(49(4)13-2)75(108)96-42-22-28-59(96)71(104)91(7)58-27-16-15-19-41-97(74(58)107)61(43-50-29-33-53(34-30-50)79(81,82)83)70(103)89(5)48-64(99)87-56(36-32-51-31-35-55(80(84,85)86)63(44-51)111-11)69(102)98-47-54(112-14-3)45-62(98)72(105)94(10)78(37-23-38-78)77(110)93(9)67(52-25-17-18-26-52)76(109)92(8)60(46-65(100)90(57)6)73(106)95-39-20-21-40-95/h15-16,29-31,33-35,44,49,52,54,56-62,66-67H,12-14,17-28,32,36-43,45-48H2,1-11H3,(H,87,99)(H,88,101)/t49-,54?,56?,57?,58?,59?,60?,61?,62?,66?,67?/m0/s1. The third-order valence-corrected chi connectivity index (χ3v) is 24.3. The Kier molecular flexibility index (Phi) is 29.1. The number of fused-ring (bicyclic) bond motifs is 4. The Balaban J connectivity index is 1.15. The fourth-order valence-corrected chi connectivity index (χ4v) is 17.3. The molecule has 2 aliphatic carbocycles. The lowest BCUT2D eigenvalue weighted by atomic mass is 9.73. The summed E-state index contributed by atoms with van der Waals surface area (Å²) in [4.78, 5) is 198. The van der Waals surface area contributed by atoms with Crippen LogP contribution in [0, 0.1) is 11.8 Å². The molecule has 618 valence electrons. The first-order valence-electron chi connectivity index (χ1n) is 39.6. The van der Waals surface area contributed by atoms with Gasteiger partial charge in [0.2, 0.25) is 70.9 Å². The Hall–Kier alpha value is -8.84. The monoisotopic (exact) mass is 1580 g/mol. The predicted molar refractivity (Wildman–Crippen MR) is 399 cm³/mol. The van der Waals surface area contributed by atoms with E-state index in [0.29, 0.717) is 77.3 Å². The van der Waals surface area contributed by atoms with Gasteiger partial charge in [-0.3, -0.25) is 57.5 Å². The fourth-order valence-electron chi connectivity index (χ4n) is 17.3. The largest absolute Gasteiger partial charge is 0.496 e. The molecule has 5 heterocycles. The van der Waals surface area contributed by atoms with E-state index in [2.05, 4.69) is 10.6 Å². The maximum atomic E-state index is 15.9. The summed E-state index contributed by atoms with van der Waals surface area (Å²) >= 11 is 0. The molecular formula is C80H112F6N12O14. The van der Waals surface area contributed by atoms with Gasteiger partial charge in [0.25, 0.3) is 0 Å². The van der Waals surface area contributed by atoms with Gasteiger partial charge in [-0.05, 0) is 144 Å². The molecule has 10 unspecified atom stereocenters. The van der Waals surface area contributed by atoms with Crippen LogP contribution in [0.25, 0.3) is 0 Å². The number of halogens is 6. The lowest BCUT2D eigenvalue weighted by Crippen LogP contribution is -2.68. The van der Waals surface area contributed by atoms with Crippen LogP contribution in [0.4, 0.5) is 26.3 Å². The average molecular weight is 1580 g/mol. The van der Waals surface area contributed by atoms with E-state index in [0.717, 1.165) is 48.4 Å². The minimum atomic E-state index is -4.82. The molecule has 1 spiro atoms. The number of alkyl halides is 6. The zero-order valence-electron chi connectivity index (χ0n) is 66.4. The van der Waals surface area contributed by atoms with Crippen LogP contribution in [-0.2, 0) is 87.5 Å². The number of likely N-dealkylation sites (tertiary alicyclic amines) is 1. The molecule has 2 saturated carbocycles. The Bertz CT molecular complexity index is 3790. The van der Waals surface area contributed by atoms with Crippen LogP contribution in [0.1, 0.15) is 172 Å². The van der Waals surface area contributed by atoms with E-state index in [-0.39, 0.29) is 95.2 Å². The molecule has 2 aromatic rings. The molecule has 6 fully saturated rings. The van der Waals surface area contributed by atoms with Gasteiger partial charge in [0.1, 0.15) is 65.7 Å². The van der Waals surface area contributed by atoms with Crippen molar-refractivity contribution in [2.24, 2.45) is 11.8 Å². The van der Waals surface area contributed by atoms with Crippen LogP contribution in [0.5, 0.6) is 5.75 Å². The summed E-state index contributed by atoms with van der Waals surface area (Å²) in [5.74, 6) is -10.2. The molecule has 2 bridgehead atoms. The van der Waals surface area contributed by atoms with E-state index < -0.39 is 197 Å². The summed E-state index contributed by atoms with van der Waals surface area (Å²) in [6.07, 6.45) is -2.81. The van der Waals surface area contributed by atoms with Crippen molar-refractivity contribution in [1.29, 1.82) is 0 Å². The maximum absolute atomic E-state index is 15.9. The van der Waals surface area contributed by atoms with Gasteiger partial charge in [0.05, 0.1) is 37.3 Å². The molecule has 12 amide bonds. The highest BCUT2D eigenvalue weighted by molar-refractivity contribution is 6.01. The van der Waals surface area contributed by atoms with E-state index in [1.807, 2.05) is 13.8 Å². The molecular weight excluding hydrogens is 1470 g/mol. The second-order valence-corrected chi connectivity index (χ2v) is 31.4. The number of benzene rings is 2. The summed E-state index contributed by atoms with van der Waals surface area (Å²) in [6.45, 7) is 6.70. The number of carbonyl (C=O) groups excluding carboxylic acids is 12. The number of hydrogen-bond donors (Lipinski definition) is 2. The number of hydrogen-bond acceptors (Lipinski definition) is 14. The number of nitrogens with zero attached hydrogens (tertiary/aromatic N) is 10. The summed E-state index contributed by atoms with van der Waals surface area (Å²) in [6, 6.07) is -5.23. The second kappa shape index (κ2) is 37.4. The Morgan fingerprint density at radius 3 is 1.90 bits per heavy atom. The zero-order valence-corrected chi connectivity index (χ0v) is 66.4. The van der Waals surface area contributed by atoms with E-state index in [9.17, 15) is 31.1 Å². The van der Waals surface area contributed by atoms with Crippen LogP contribution in [0.3, 0.4) is 0 Å². The van der Waals surface area contributed by atoms with Crippen LogP contribution >= 0.6 is 0 Å².